The molecule has 0 unspecified atom stereocenters. The van der Waals surface area contributed by atoms with Crippen molar-refractivity contribution < 1.29 is 4.74 Å². The fourth-order valence-electron chi connectivity index (χ4n) is 2.47. The third-order valence-corrected chi connectivity index (χ3v) is 4.63. The number of ether oxygens (including phenoxy) is 1. The van der Waals surface area contributed by atoms with Gasteiger partial charge in [0.25, 0.3) is 0 Å². The lowest BCUT2D eigenvalue weighted by atomic mass is 10.0. The SMILES string of the molecule is CC(C)(CNCc1cccc(Cl)c1Cl)N1CCOCC1. The largest absolute Gasteiger partial charge is 0.379 e. The van der Waals surface area contributed by atoms with Gasteiger partial charge in [-0.2, -0.15) is 0 Å². The van der Waals surface area contributed by atoms with Crippen LogP contribution in [-0.2, 0) is 11.3 Å². The first kappa shape index (κ1) is 16.1. The lowest BCUT2D eigenvalue weighted by Crippen LogP contribution is -2.54. The summed E-state index contributed by atoms with van der Waals surface area (Å²) in [7, 11) is 0. The summed E-state index contributed by atoms with van der Waals surface area (Å²) in [4.78, 5) is 2.46. The van der Waals surface area contributed by atoms with E-state index in [1.54, 1.807) is 0 Å². The summed E-state index contributed by atoms with van der Waals surface area (Å²) in [5, 5.41) is 4.74. The minimum Gasteiger partial charge on any atom is -0.379 e. The zero-order valence-electron chi connectivity index (χ0n) is 12.1. The first-order valence-electron chi connectivity index (χ1n) is 6.97. The van der Waals surface area contributed by atoms with E-state index < -0.39 is 0 Å². The molecule has 5 heteroatoms. The number of halogens is 2. The minimum atomic E-state index is 0.106. The minimum absolute atomic E-state index is 0.106. The Hall–Kier alpha value is -0.320. The van der Waals surface area contributed by atoms with E-state index in [1.807, 2.05) is 18.2 Å². The number of hydrogen-bond acceptors (Lipinski definition) is 3. The van der Waals surface area contributed by atoms with Crippen LogP contribution in [0.3, 0.4) is 0 Å². The average Bonchev–Trinajstić information content (AvgIpc) is 2.44. The molecule has 1 N–H and O–H groups in total. The van der Waals surface area contributed by atoms with Crippen molar-refractivity contribution in [2.75, 3.05) is 32.8 Å². The third kappa shape index (κ3) is 4.09. The Morgan fingerprint density at radius 3 is 2.65 bits per heavy atom. The highest BCUT2D eigenvalue weighted by Gasteiger charge is 2.27. The molecule has 1 fully saturated rings. The molecule has 0 amide bonds. The van der Waals surface area contributed by atoms with Crippen LogP contribution in [0, 0.1) is 0 Å². The number of hydrogen-bond donors (Lipinski definition) is 1. The van der Waals surface area contributed by atoms with E-state index in [9.17, 15) is 0 Å². The summed E-state index contributed by atoms with van der Waals surface area (Å²) in [6, 6.07) is 5.74. The molecule has 20 heavy (non-hydrogen) atoms. The van der Waals surface area contributed by atoms with Crippen LogP contribution in [-0.4, -0.2) is 43.3 Å². The van der Waals surface area contributed by atoms with Gasteiger partial charge in [0, 0.05) is 31.7 Å². The number of nitrogens with one attached hydrogen (secondary N) is 1. The topological polar surface area (TPSA) is 24.5 Å². The fraction of sp³-hybridized carbons (Fsp3) is 0.600. The second-order valence-corrected chi connectivity index (χ2v) is 6.51. The van der Waals surface area contributed by atoms with E-state index in [2.05, 4.69) is 24.1 Å². The number of rotatable bonds is 5. The van der Waals surface area contributed by atoms with Crippen LogP contribution in [0.5, 0.6) is 0 Å². The molecular weight excluding hydrogens is 295 g/mol. The van der Waals surface area contributed by atoms with Crippen LogP contribution < -0.4 is 5.32 Å². The zero-order valence-corrected chi connectivity index (χ0v) is 13.6. The highest BCUT2D eigenvalue weighted by atomic mass is 35.5. The van der Waals surface area contributed by atoms with Crippen molar-refractivity contribution in [3.63, 3.8) is 0 Å². The summed E-state index contributed by atoms with van der Waals surface area (Å²) in [5.74, 6) is 0. The van der Waals surface area contributed by atoms with Crippen molar-refractivity contribution in [1.82, 2.24) is 10.2 Å². The van der Waals surface area contributed by atoms with Crippen molar-refractivity contribution >= 4 is 23.2 Å². The molecule has 0 aromatic heterocycles. The number of benzene rings is 1. The predicted octanol–water partition coefficient (Wildman–Crippen LogP) is 3.19. The Morgan fingerprint density at radius 2 is 1.95 bits per heavy atom. The molecule has 1 aliphatic rings. The van der Waals surface area contributed by atoms with Gasteiger partial charge in [-0.3, -0.25) is 4.90 Å². The summed E-state index contributed by atoms with van der Waals surface area (Å²) in [6.07, 6.45) is 0. The maximum Gasteiger partial charge on any atom is 0.0637 e. The molecule has 1 saturated heterocycles. The molecule has 3 nitrogen and oxygen atoms in total. The summed E-state index contributed by atoms with van der Waals surface area (Å²) in [6.45, 7) is 9.77. The highest BCUT2D eigenvalue weighted by molar-refractivity contribution is 6.42. The normalized spacial score (nSPS) is 17.4. The Kier molecular flexibility index (Phi) is 5.70. The van der Waals surface area contributed by atoms with Gasteiger partial charge in [0.15, 0.2) is 0 Å². The van der Waals surface area contributed by atoms with E-state index in [1.165, 1.54) is 0 Å². The highest BCUT2D eigenvalue weighted by Crippen LogP contribution is 2.25. The van der Waals surface area contributed by atoms with E-state index in [-0.39, 0.29) is 5.54 Å². The van der Waals surface area contributed by atoms with Gasteiger partial charge in [-0.15, -0.1) is 0 Å². The standard InChI is InChI=1S/C15H22Cl2N2O/c1-15(2,19-6-8-20-9-7-19)11-18-10-12-4-3-5-13(16)14(12)17/h3-5,18H,6-11H2,1-2H3. The monoisotopic (exact) mass is 316 g/mol. The van der Waals surface area contributed by atoms with E-state index in [4.69, 9.17) is 27.9 Å². The molecular formula is C15H22Cl2N2O. The van der Waals surface area contributed by atoms with Gasteiger partial charge in [0.1, 0.15) is 0 Å². The molecule has 1 aliphatic heterocycles. The molecule has 2 rings (SSSR count). The number of morpholine rings is 1. The van der Waals surface area contributed by atoms with Gasteiger partial charge in [-0.05, 0) is 25.5 Å². The smallest absolute Gasteiger partial charge is 0.0637 e. The first-order valence-corrected chi connectivity index (χ1v) is 7.73. The zero-order chi connectivity index (χ0) is 14.6. The molecule has 1 aromatic rings. The molecule has 0 aliphatic carbocycles. The Balaban J connectivity index is 1.86. The number of nitrogens with zero attached hydrogens (tertiary/aromatic N) is 1. The Morgan fingerprint density at radius 1 is 1.25 bits per heavy atom. The molecule has 0 spiro atoms. The van der Waals surface area contributed by atoms with Crippen molar-refractivity contribution in [2.45, 2.75) is 25.9 Å². The lowest BCUT2D eigenvalue weighted by Gasteiger charge is -2.41. The molecule has 0 atom stereocenters. The summed E-state index contributed by atoms with van der Waals surface area (Å²) >= 11 is 12.2. The van der Waals surface area contributed by atoms with Gasteiger partial charge in [0.2, 0.25) is 0 Å². The Bertz CT molecular complexity index is 445. The van der Waals surface area contributed by atoms with Crippen LogP contribution >= 0.6 is 23.2 Å². The van der Waals surface area contributed by atoms with Crippen LogP contribution in [0.1, 0.15) is 19.4 Å². The van der Waals surface area contributed by atoms with E-state index >= 15 is 0 Å². The summed E-state index contributed by atoms with van der Waals surface area (Å²) < 4.78 is 5.40. The van der Waals surface area contributed by atoms with Gasteiger partial charge >= 0.3 is 0 Å². The molecule has 1 heterocycles. The van der Waals surface area contributed by atoms with Crippen molar-refractivity contribution in [3.05, 3.63) is 33.8 Å². The molecule has 0 radical (unpaired) electrons. The molecule has 1 aromatic carbocycles. The van der Waals surface area contributed by atoms with Crippen molar-refractivity contribution in [1.29, 1.82) is 0 Å². The van der Waals surface area contributed by atoms with Crippen LogP contribution in [0.4, 0.5) is 0 Å². The maximum absolute atomic E-state index is 6.19. The van der Waals surface area contributed by atoms with Crippen LogP contribution in [0.2, 0.25) is 10.0 Å². The van der Waals surface area contributed by atoms with Crippen molar-refractivity contribution in [2.24, 2.45) is 0 Å². The van der Waals surface area contributed by atoms with E-state index in [0.29, 0.717) is 10.0 Å². The molecule has 112 valence electrons. The van der Waals surface area contributed by atoms with Gasteiger partial charge in [-0.25, -0.2) is 0 Å². The van der Waals surface area contributed by atoms with Gasteiger partial charge < -0.3 is 10.1 Å². The third-order valence-electron chi connectivity index (χ3n) is 3.77. The maximum atomic E-state index is 6.19. The molecule has 0 saturated carbocycles. The fourth-order valence-corrected chi connectivity index (χ4v) is 2.86. The Labute approximate surface area is 131 Å². The molecule has 0 bridgehead atoms. The first-order chi connectivity index (χ1) is 9.50. The predicted molar refractivity (Wildman–Crippen MR) is 84.6 cm³/mol. The quantitative estimate of drug-likeness (QED) is 0.903. The van der Waals surface area contributed by atoms with Crippen LogP contribution in [0.15, 0.2) is 18.2 Å². The summed E-state index contributed by atoms with van der Waals surface area (Å²) in [5.41, 5.74) is 1.14. The van der Waals surface area contributed by atoms with Crippen molar-refractivity contribution in [3.8, 4) is 0 Å². The second kappa shape index (κ2) is 7.10. The van der Waals surface area contributed by atoms with E-state index in [0.717, 1.165) is 45.0 Å². The second-order valence-electron chi connectivity index (χ2n) is 5.73. The van der Waals surface area contributed by atoms with Gasteiger partial charge in [-0.1, -0.05) is 35.3 Å². The van der Waals surface area contributed by atoms with Gasteiger partial charge in [0.05, 0.1) is 23.3 Å². The lowest BCUT2D eigenvalue weighted by molar-refractivity contribution is -0.00966. The van der Waals surface area contributed by atoms with Crippen LogP contribution in [0.25, 0.3) is 0 Å². The average molecular weight is 317 g/mol.